The number of nitrogens with zero attached hydrogens (tertiary/aromatic N) is 1. The van der Waals surface area contributed by atoms with Crippen LogP contribution in [0, 0.1) is 12.8 Å². The van der Waals surface area contributed by atoms with Gasteiger partial charge in [-0.3, -0.25) is 9.59 Å². The molecule has 0 atom stereocenters. The summed E-state index contributed by atoms with van der Waals surface area (Å²) in [5.74, 6) is -0.0948. The third kappa shape index (κ3) is 5.28. The Hall–Kier alpha value is -2.95. The summed E-state index contributed by atoms with van der Waals surface area (Å²) in [6.45, 7) is 3.88. The molecule has 2 aromatic carbocycles. The first-order chi connectivity index (χ1) is 13.5. The minimum Gasteiger partial charge on any atom is -0.326 e. The van der Waals surface area contributed by atoms with Crippen molar-refractivity contribution >= 4 is 23.2 Å². The Labute approximate surface area is 166 Å². The molecule has 2 amide bonds. The van der Waals surface area contributed by atoms with Crippen LogP contribution in [0.25, 0.3) is 0 Å². The van der Waals surface area contributed by atoms with E-state index in [1.807, 2.05) is 38.1 Å². The molecule has 0 aromatic heterocycles. The average molecular weight is 377 g/mol. The van der Waals surface area contributed by atoms with Gasteiger partial charge in [0.15, 0.2) is 0 Å². The van der Waals surface area contributed by atoms with E-state index in [4.69, 9.17) is 0 Å². The number of hydrogen-bond acceptors (Lipinski definition) is 3. The van der Waals surface area contributed by atoms with Crippen LogP contribution in [0.3, 0.4) is 0 Å². The second-order valence-electron chi connectivity index (χ2n) is 7.41. The molecule has 2 N–H and O–H groups in total. The van der Waals surface area contributed by atoms with Gasteiger partial charge in [-0.1, -0.05) is 49.1 Å². The SMILES string of the molecule is CC(=NNC(=O)c1ccc(NC(=O)C2CCCCC2)cc1)c1ccc(C)cc1. The lowest BCUT2D eigenvalue weighted by molar-refractivity contribution is -0.120. The predicted molar refractivity (Wildman–Crippen MR) is 113 cm³/mol. The number of aryl methyl sites for hydroxylation is 1. The van der Waals surface area contributed by atoms with E-state index in [1.165, 1.54) is 12.0 Å². The maximum atomic E-state index is 12.3. The van der Waals surface area contributed by atoms with Crippen molar-refractivity contribution in [2.24, 2.45) is 11.0 Å². The summed E-state index contributed by atoms with van der Waals surface area (Å²) < 4.78 is 0. The van der Waals surface area contributed by atoms with Crippen LogP contribution >= 0.6 is 0 Å². The van der Waals surface area contributed by atoms with Gasteiger partial charge in [0.1, 0.15) is 0 Å². The van der Waals surface area contributed by atoms with Gasteiger partial charge in [-0.25, -0.2) is 5.43 Å². The first-order valence-corrected chi connectivity index (χ1v) is 9.85. The smallest absolute Gasteiger partial charge is 0.271 e. The second-order valence-corrected chi connectivity index (χ2v) is 7.41. The molecule has 1 fully saturated rings. The van der Waals surface area contributed by atoms with E-state index in [1.54, 1.807) is 24.3 Å². The summed E-state index contributed by atoms with van der Waals surface area (Å²) in [5.41, 5.74) is 6.68. The number of hydrogen-bond donors (Lipinski definition) is 2. The fourth-order valence-electron chi connectivity index (χ4n) is 3.37. The van der Waals surface area contributed by atoms with Gasteiger partial charge < -0.3 is 5.32 Å². The van der Waals surface area contributed by atoms with E-state index in [-0.39, 0.29) is 17.7 Å². The van der Waals surface area contributed by atoms with E-state index in [0.29, 0.717) is 11.3 Å². The summed E-state index contributed by atoms with van der Waals surface area (Å²) in [7, 11) is 0. The number of amides is 2. The molecular weight excluding hydrogens is 350 g/mol. The van der Waals surface area contributed by atoms with Crippen LogP contribution in [-0.2, 0) is 4.79 Å². The molecule has 0 unspecified atom stereocenters. The first-order valence-electron chi connectivity index (χ1n) is 9.85. The molecule has 0 heterocycles. The average Bonchev–Trinajstić information content (AvgIpc) is 2.73. The monoisotopic (exact) mass is 377 g/mol. The summed E-state index contributed by atoms with van der Waals surface area (Å²) in [4.78, 5) is 24.6. The minimum atomic E-state index is -0.281. The summed E-state index contributed by atoms with van der Waals surface area (Å²) in [6, 6.07) is 14.9. The molecular formula is C23H27N3O2. The van der Waals surface area contributed by atoms with Crippen LogP contribution in [0.2, 0.25) is 0 Å². The molecule has 146 valence electrons. The van der Waals surface area contributed by atoms with Gasteiger partial charge in [0, 0.05) is 17.2 Å². The third-order valence-electron chi connectivity index (χ3n) is 5.19. The fourth-order valence-corrected chi connectivity index (χ4v) is 3.37. The van der Waals surface area contributed by atoms with Crippen LogP contribution in [0.4, 0.5) is 5.69 Å². The quantitative estimate of drug-likeness (QED) is 0.587. The topological polar surface area (TPSA) is 70.6 Å². The number of rotatable bonds is 5. The summed E-state index contributed by atoms with van der Waals surface area (Å²) >= 11 is 0. The van der Waals surface area contributed by atoms with E-state index in [0.717, 1.165) is 37.0 Å². The largest absolute Gasteiger partial charge is 0.326 e. The molecule has 0 aliphatic heterocycles. The Balaban J connectivity index is 1.56. The van der Waals surface area contributed by atoms with Crippen molar-refractivity contribution in [1.82, 2.24) is 5.43 Å². The van der Waals surface area contributed by atoms with E-state index in [2.05, 4.69) is 15.8 Å². The van der Waals surface area contributed by atoms with Crippen molar-refractivity contribution in [3.05, 3.63) is 65.2 Å². The number of anilines is 1. The summed E-state index contributed by atoms with van der Waals surface area (Å²) in [5, 5.41) is 7.14. The highest BCUT2D eigenvalue weighted by Gasteiger charge is 2.21. The Bertz CT molecular complexity index is 848. The molecule has 2 aromatic rings. The molecule has 1 saturated carbocycles. The lowest BCUT2D eigenvalue weighted by Gasteiger charge is -2.20. The summed E-state index contributed by atoms with van der Waals surface area (Å²) in [6.07, 6.45) is 5.40. The van der Waals surface area contributed by atoms with Crippen molar-refractivity contribution in [3.8, 4) is 0 Å². The number of carbonyl (C=O) groups excluding carboxylic acids is 2. The van der Waals surface area contributed by atoms with Gasteiger partial charge in [0.2, 0.25) is 5.91 Å². The molecule has 0 spiro atoms. The van der Waals surface area contributed by atoms with Gasteiger partial charge >= 0.3 is 0 Å². The van der Waals surface area contributed by atoms with Gasteiger partial charge in [-0.15, -0.1) is 0 Å². The van der Waals surface area contributed by atoms with Crippen LogP contribution < -0.4 is 10.7 Å². The van der Waals surface area contributed by atoms with Crippen molar-refractivity contribution in [2.45, 2.75) is 46.0 Å². The number of carbonyl (C=O) groups is 2. The Morgan fingerprint density at radius 2 is 1.50 bits per heavy atom. The molecule has 0 saturated heterocycles. The molecule has 0 radical (unpaired) electrons. The van der Waals surface area contributed by atoms with Crippen molar-refractivity contribution in [3.63, 3.8) is 0 Å². The van der Waals surface area contributed by atoms with Crippen molar-refractivity contribution in [1.29, 1.82) is 0 Å². The normalized spacial score (nSPS) is 15.1. The highest BCUT2D eigenvalue weighted by Crippen LogP contribution is 2.25. The molecule has 3 rings (SSSR count). The molecule has 1 aliphatic rings. The third-order valence-corrected chi connectivity index (χ3v) is 5.19. The molecule has 5 heteroatoms. The first kappa shape index (κ1) is 19.8. The van der Waals surface area contributed by atoms with Crippen molar-refractivity contribution in [2.75, 3.05) is 5.32 Å². The van der Waals surface area contributed by atoms with Gasteiger partial charge in [-0.2, -0.15) is 5.10 Å². The molecule has 0 bridgehead atoms. The van der Waals surface area contributed by atoms with Crippen LogP contribution in [-0.4, -0.2) is 17.5 Å². The maximum Gasteiger partial charge on any atom is 0.271 e. The van der Waals surface area contributed by atoms with Crippen LogP contribution in [0.1, 0.15) is 60.5 Å². The van der Waals surface area contributed by atoms with Crippen LogP contribution in [0.15, 0.2) is 53.6 Å². The Morgan fingerprint density at radius 3 is 2.14 bits per heavy atom. The standard InChI is InChI=1S/C23H27N3O2/c1-16-8-10-18(11-9-16)17(2)25-26-23(28)20-12-14-21(15-13-20)24-22(27)19-6-4-3-5-7-19/h8-15,19H,3-7H2,1-2H3,(H,24,27)(H,26,28). The highest BCUT2D eigenvalue weighted by atomic mass is 16.2. The fraction of sp³-hybridized carbons (Fsp3) is 0.348. The lowest BCUT2D eigenvalue weighted by atomic mass is 9.88. The van der Waals surface area contributed by atoms with Gasteiger partial charge in [-0.05, 0) is 56.5 Å². The molecule has 28 heavy (non-hydrogen) atoms. The zero-order chi connectivity index (χ0) is 19.9. The van der Waals surface area contributed by atoms with E-state index < -0.39 is 0 Å². The van der Waals surface area contributed by atoms with Crippen molar-refractivity contribution < 1.29 is 9.59 Å². The lowest BCUT2D eigenvalue weighted by Crippen LogP contribution is -2.24. The van der Waals surface area contributed by atoms with E-state index in [9.17, 15) is 9.59 Å². The van der Waals surface area contributed by atoms with Gasteiger partial charge in [0.25, 0.3) is 5.91 Å². The number of benzene rings is 2. The second kappa shape index (κ2) is 9.31. The Morgan fingerprint density at radius 1 is 0.893 bits per heavy atom. The zero-order valence-corrected chi connectivity index (χ0v) is 16.5. The number of nitrogens with one attached hydrogen (secondary N) is 2. The maximum absolute atomic E-state index is 12.3. The van der Waals surface area contributed by atoms with Gasteiger partial charge in [0.05, 0.1) is 5.71 Å². The molecule has 5 nitrogen and oxygen atoms in total. The predicted octanol–water partition coefficient (Wildman–Crippen LogP) is 4.67. The Kier molecular flexibility index (Phi) is 6.58. The highest BCUT2D eigenvalue weighted by molar-refractivity contribution is 6.01. The minimum absolute atomic E-state index is 0.0789. The zero-order valence-electron chi connectivity index (χ0n) is 16.5. The van der Waals surface area contributed by atoms with Crippen LogP contribution in [0.5, 0.6) is 0 Å². The molecule has 1 aliphatic carbocycles. The van der Waals surface area contributed by atoms with E-state index >= 15 is 0 Å². The number of hydrazone groups is 1.